The van der Waals surface area contributed by atoms with Crippen molar-refractivity contribution in [2.45, 2.75) is 50.0 Å². The monoisotopic (exact) mass is 620 g/mol. The lowest BCUT2D eigenvalue weighted by molar-refractivity contribution is -0.138. The number of carbonyl (C=O) groups is 1. The molecule has 3 aromatic rings. The minimum absolute atomic E-state index is 0.0225. The number of benzene rings is 2. The number of H-pyrrole nitrogens is 1. The second-order valence-electron chi connectivity index (χ2n) is 9.36. The molecule has 1 aromatic heterocycles. The molecule has 1 fully saturated rings. The molecule has 15 heteroatoms. The molecule has 0 radical (unpaired) electrons. The molecule has 1 atom stereocenters. The van der Waals surface area contributed by atoms with Crippen molar-refractivity contribution in [2.75, 3.05) is 19.3 Å². The normalized spacial score (nSPS) is 16.5. The van der Waals surface area contributed by atoms with Crippen LogP contribution in [0.5, 0.6) is 0 Å². The van der Waals surface area contributed by atoms with Crippen LogP contribution in [0.15, 0.2) is 38.8 Å². The Bertz CT molecular complexity index is 1720. The van der Waals surface area contributed by atoms with Crippen molar-refractivity contribution in [2.24, 2.45) is 0 Å². The highest BCUT2D eigenvalue weighted by molar-refractivity contribution is 7.91. The summed E-state index contributed by atoms with van der Waals surface area (Å²) in [5, 5.41) is 1.66. The lowest BCUT2D eigenvalue weighted by Gasteiger charge is -2.26. The topological polar surface area (TPSA) is 121 Å². The van der Waals surface area contributed by atoms with Crippen LogP contribution in [0.4, 0.5) is 13.2 Å². The standard InChI is InChI=1S/C25H25Cl2F3N4O5S/c1-3-40(38,39)19-7-6-14(26)9-13(19)11-34-23(36)15-10-17(25(28,29)30)16(20(27)21(15)32-24(34)37)12-33-8-4-5-18(33)22(35)31-2/h6-7,9-10,18H,3-5,8,11-12H2,1-2H3,(H,31,35)(H,32,37)/t18-/m1/s1. The van der Waals surface area contributed by atoms with Gasteiger partial charge in [-0.1, -0.05) is 30.1 Å². The predicted molar refractivity (Wildman–Crippen MR) is 145 cm³/mol. The number of aromatic amines is 1. The van der Waals surface area contributed by atoms with E-state index in [-0.39, 0.29) is 44.8 Å². The fourth-order valence-corrected chi connectivity index (χ4v) is 6.54. The Morgan fingerprint density at radius 3 is 2.50 bits per heavy atom. The summed E-state index contributed by atoms with van der Waals surface area (Å²) in [5.41, 5.74) is -3.93. The number of alkyl halides is 3. The Morgan fingerprint density at radius 1 is 1.18 bits per heavy atom. The molecule has 216 valence electrons. The Balaban J connectivity index is 1.90. The lowest BCUT2D eigenvalue weighted by atomic mass is 10.0. The van der Waals surface area contributed by atoms with Crippen molar-refractivity contribution in [1.29, 1.82) is 0 Å². The second-order valence-corrected chi connectivity index (χ2v) is 12.4. The van der Waals surface area contributed by atoms with Gasteiger partial charge in [-0.05, 0) is 54.8 Å². The number of nitrogens with zero attached hydrogens (tertiary/aromatic N) is 2. The number of likely N-dealkylation sites (N-methyl/N-ethyl adjacent to an activating group) is 1. The van der Waals surface area contributed by atoms with Gasteiger partial charge in [0.2, 0.25) is 5.91 Å². The minimum Gasteiger partial charge on any atom is -0.358 e. The molecule has 1 amide bonds. The van der Waals surface area contributed by atoms with E-state index in [1.807, 2.05) is 0 Å². The van der Waals surface area contributed by atoms with Gasteiger partial charge in [0.15, 0.2) is 9.84 Å². The number of fused-ring (bicyclic) bond motifs is 1. The molecule has 2 aromatic carbocycles. The van der Waals surface area contributed by atoms with Gasteiger partial charge >= 0.3 is 11.9 Å². The summed E-state index contributed by atoms with van der Waals surface area (Å²) in [4.78, 5) is 42.5. The maximum absolute atomic E-state index is 14.3. The molecule has 1 aliphatic heterocycles. The van der Waals surface area contributed by atoms with E-state index < -0.39 is 55.8 Å². The van der Waals surface area contributed by atoms with Crippen LogP contribution in [0.25, 0.3) is 10.9 Å². The molecular formula is C25H25Cl2F3N4O5S. The van der Waals surface area contributed by atoms with E-state index in [1.54, 1.807) is 4.90 Å². The number of halogens is 5. The van der Waals surface area contributed by atoms with E-state index in [2.05, 4.69) is 10.3 Å². The van der Waals surface area contributed by atoms with Crippen LogP contribution < -0.4 is 16.6 Å². The molecule has 2 N–H and O–H groups in total. The average Bonchev–Trinajstić information content (AvgIpc) is 3.35. The van der Waals surface area contributed by atoms with Gasteiger partial charge in [0, 0.05) is 18.6 Å². The van der Waals surface area contributed by atoms with Crippen molar-refractivity contribution in [3.05, 3.63) is 71.8 Å². The zero-order valence-corrected chi connectivity index (χ0v) is 23.7. The summed E-state index contributed by atoms with van der Waals surface area (Å²) >= 11 is 12.5. The summed E-state index contributed by atoms with van der Waals surface area (Å²) in [5.74, 6) is -0.611. The summed E-state index contributed by atoms with van der Waals surface area (Å²) in [6.45, 7) is 0.861. The first-order chi connectivity index (χ1) is 18.7. The van der Waals surface area contributed by atoms with Crippen LogP contribution in [-0.2, 0) is 33.9 Å². The number of amides is 1. The quantitative estimate of drug-likeness (QED) is 0.417. The van der Waals surface area contributed by atoms with Gasteiger partial charge in [-0.3, -0.25) is 19.1 Å². The van der Waals surface area contributed by atoms with Crippen LogP contribution in [-0.4, -0.2) is 54.2 Å². The van der Waals surface area contributed by atoms with E-state index in [4.69, 9.17) is 23.2 Å². The van der Waals surface area contributed by atoms with Crippen molar-refractivity contribution in [1.82, 2.24) is 19.8 Å². The fourth-order valence-electron chi connectivity index (χ4n) is 4.93. The highest BCUT2D eigenvalue weighted by atomic mass is 35.5. The van der Waals surface area contributed by atoms with Crippen molar-refractivity contribution < 1.29 is 26.4 Å². The van der Waals surface area contributed by atoms with E-state index >= 15 is 0 Å². The molecule has 0 saturated carbocycles. The highest BCUT2D eigenvalue weighted by Crippen LogP contribution is 2.39. The van der Waals surface area contributed by atoms with E-state index in [1.165, 1.54) is 32.2 Å². The summed E-state index contributed by atoms with van der Waals surface area (Å²) < 4.78 is 68.5. The summed E-state index contributed by atoms with van der Waals surface area (Å²) in [6, 6.07) is 3.82. The van der Waals surface area contributed by atoms with E-state index in [9.17, 15) is 36.0 Å². The minimum atomic E-state index is -4.92. The molecule has 40 heavy (non-hydrogen) atoms. The third-order valence-corrected chi connectivity index (χ3v) is 9.45. The number of rotatable bonds is 7. The van der Waals surface area contributed by atoms with Gasteiger partial charge in [-0.25, -0.2) is 13.2 Å². The SMILES string of the molecule is CCS(=O)(=O)c1ccc(Cl)cc1Cn1c(=O)[nH]c2c(Cl)c(CN3CCC[C@@H]3C(=O)NC)c(C(F)(F)F)cc2c1=O. The van der Waals surface area contributed by atoms with Gasteiger partial charge in [0.05, 0.1) is 44.7 Å². The maximum Gasteiger partial charge on any atom is 0.416 e. The number of carbonyl (C=O) groups excluding carboxylic acids is 1. The number of likely N-dealkylation sites (tertiary alicyclic amines) is 1. The predicted octanol–water partition coefficient (Wildman–Crippen LogP) is 3.57. The van der Waals surface area contributed by atoms with E-state index in [0.29, 0.717) is 30.0 Å². The third kappa shape index (κ3) is 5.65. The Kier molecular flexibility index (Phi) is 8.42. The van der Waals surface area contributed by atoms with E-state index in [0.717, 1.165) is 0 Å². The zero-order valence-electron chi connectivity index (χ0n) is 21.4. The fraction of sp³-hybridized carbons (Fsp3) is 0.400. The van der Waals surface area contributed by atoms with Crippen LogP contribution in [0.1, 0.15) is 36.5 Å². The van der Waals surface area contributed by atoms with Crippen molar-refractivity contribution >= 4 is 49.8 Å². The van der Waals surface area contributed by atoms with Gasteiger partial charge < -0.3 is 10.3 Å². The summed E-state index contributed by atoms with van der Waals surface area (Å²) in [6.07, 6.45) is -3.88. The number of sulfone groups is 1. The second kappa shape index (κ2) is 11.2. The molecule has 0 unspecified atom stereocenters. The van der Waals surface area contributed by atoms with Crippen LogP contribution >= 0.6 is 23.2 Å². The Morgan fingerprint density at radius 2 is 1.88 bits per heavy atom. The largest absolute Gasteiger partial charge is 0.416 e. The smallest absolute Gasteiger partial charge is 0.358 e. The zero-order chi connectivity index (χ0) is 29.6. The molecule has 0 bridgehead atoms. The third-order valence-electron chi connectivity index (χ3n) is 6.97. The van der Waals surface area contributed by atoms with Crippen LogP contribution in [0, 0.1) is 0 Å². The lowest BCUT2D eigenvalue weighted by Crippen LogP contribution is -2.41. The molecule has 4 rings (SSSR count). The molecule has 1 aliphatic rings. The molecular weight excluding hydrogens is 596 g/mol. The first-order valence-electron chi connectivity index (χ1n) is 12.2. The first-order valence-corrected chi connectivity index (χ1v) is 14.6. The molecule has 0 aliphatic carbocycles. The van der Waals surface area contributed by atoms with Crippen LogP contribution in [0.3, 0.4) is 0 Å². The molecule has 0 spiro atoms. The summed E-state index contributed by atoms with van der Waals surface area (Å²) in [7, 11) is -2.35. The van der Waals surface area contributed by atoms with Crippen molar-refractivity contribution in [3.63, 3.8) is 0 Å². The van der Waals surface area contributed by atoms with Gasteiger partial charge in [0.1, 0.15) is 0 Å². The first kappa shape index (κ1) is 30.1. The number of aromatic nitrogens is 2. The highest BCUT2D eigenvalue weighted by Gasteiger charge is 2.38. The number of nitrogens with one attached hydrogen (secondary N) is 2. The van der Waals surface area contributed by atoms with Gasteiger partial charge in [-0.15, -0.1) is 0 Å². The molecule has 9 nitrogen and oxygen atoms in total. The maximum atomic E-state index is 14.3. The van der Waals surface area contributed by atoms with Gasteiger partial charge in [-0.2, -0.15) is 13.2 Å². The molecule has 2 heterocycles. The molecule has 1 saturated heterocycles. The average molecular weight is 621 g/mol. The van der Waals surface area contributed by atoms with Crippen molar-refractivity contribution in [3.8, 4) is 0 Å². The number of hydrogen-bond donors (Lipinski definition) is 2. The Labute approximate surface area is 236 Å². The van der Waals surface area contributed by atoms with Crippen LogP contribution in [0.2, 0.25) is 10.0 Å². The number of hydrogen-bond acceptors (Lipinski definition) is 6. The Hall–Kier alpha value is -2.87. The van der Waals surface area contributed by atoms with Gasteiger partial charge in [0.25, 0.3) is 5.56 Å².